The third-order valence-electron chi connectivity index (χ3n) is 4.55. The number of benzene rings is 1. The van der Waals surface area contributed by atoms with Crippen LogP contribution >= 0.6 is 0 Å². The molecule has 0 saturated heterocycles. The van der Waals surface area contributed by atoms with Crippen LogP contribution in [0.3, 0.4) is 0 Å². The lowest BCUT2D eigenvalue weighted by Crippen LogP contribution is -2.43. The van der Waals surface area contributed by atoms with Crippen molar-refractivity contribution in [3.8, 4) is 0 Å². The molecule has 0 bridgehead atoms. The third-order valence-corrected chi connectivity index (χ3v) is 4.55. The first-order chi connectivity index (χ1) is 9.56. The van der Waals surface area contributed by atoms with E-state index < -0.39 is 11.6 Å². The van der Waals surface area contributed by atoms with Gasteiger partial charge in [-0.15, -0.1) is 0 Å². The highest BCUT2D eigenvalue weighted by atomic mass is 19.2. The molecule has 2 aromatic rings. The first-order valence-electron chi connectivity index (χ1n) is 6.95. The maximum Gasteiger partial charge on any atom is 0.168 e. The number of fused-ring (bicyclic) bond motifs is 2. The average Bonchev–Trinajstić information content (AvgIpc) is 2.81. The van der Waals surface area contributed by atoms with E-state index in [1.165, 1.54) is 6.07 Å². The molecule has 3 heterocycles. The summed E-state index contributed by atoms with van der Waals surface area (Å²) < 4.78 is 29.8. The topological polar surface area (TPSA) is 8.17 Å². The molecule has 1 aromatic carbocycles. The van der Waals surface area contributed by atoms with Gasteiger partial charge < -0.3 is 4.57 Å². The molecule has 0 spiro atoms. The largest absolute Gasteiger partial charge is 0.345 e. The molecule has 0 saturated carbocycles. The number of nitrogens with zero attached hydrogens (tertiary/aromatic N) is 2. The maximum absolute atomic E-state index is 13.9. The van der Waals surface area contributed by atoms with E-state index in [1.54, 1.807) is 6.07 Å². The van der Waals surface area contributed by atoms with Gasteiger partial charge in [-0.25, -0.2) is 8.78 Å². The fraction of sp³-hybridized carbons (Fsp3) is 0.375. The second-order valence-corrected chi connectivity index (χ2v) is 6.00. The summed E-state index contributed by atoms with van der Waals surface area (Å²) in [7, 11) is 2.10. The molecule has 4 rings (SSSR count). The van der Waals surface area contributed by atoms with Crippen LogP contribution in [-0.2, 0) is 6.54 Å². The lowest BCUT2D eigenvalue weighted by atomic mass is 9.86. The standard InChI is InChI=1S/C16H16F2N2/c1-9-5-11-12-6-13(17)15(18)10-3-4-20(16(10)12)8-14(11)19(2)7-9/h3-6,9,14H,7-8H2,1-2H3/t9-,14-/m1/s1. The predicted octanol–water partition coefficient (Wildman–Crippen LogP) is 3.27. The molecule has 2 aliphatic heterocycles. The molecular weight excluding hydrogens is 258 g/mol. The number of halogens is 2. The summed E-state index contributed by atoms with van der Waals surface area (Å²) >= 11 is 0. The molecule has 0 radical (unpaired) electrons. The molecule has 2 atom stereocenters. The molecule has 2 nitrogen and oxygen atoms in total. The Morgan fingerprint density at radius 3 is 2.85 bits per heavy atom. The fourth-order valence-corrected chi connectivity index (χ4v) is 3.69. The molecule has 0 fully saturated rings. The van der Waals surface area contributed by atoms with Gasteiger partial charge in [0.2, 0.25) is 0 Å². The van der Waals surface area contributed by atoms with Crippen LogP contribution in [0.25, 0.3) is 16.5 Å². The highest BCUT2D eigenvalue weighted by Gasteiger charge is 2.33. The zero-order chi connectivity index (χ0) is 14.0. The van der Waals surface area contributed by atoms with Gasteiger partial charge in [0.25, 0.3) is 0 Å². The Morgan fingerprint density at radius 1 is 1.25 bits per heavy atom. The van der Waals surface area contributed by atoms with Crippen molar-refractivity contribution in [3.63, 3.8) is 0 Å². The van der Waals surface area contributed by atoms with Crippen LogP contribution in [0.15, 0.2) is 24.4 Å². The second-order valence-electron chi connectivity index (χ2n) is 6.00. The van der Waals surface area contributed by atoms with E-state index in [0.717, 1.165) is 29.7 Å². The van der Waals surface area contributed by atoms with Gasteiger partial charge in [0.15, 0.2) is 11.6 Å². The molecule has 104 valence electrons. The van der Waals surface area contributed by atoms with E-state index in [-0.39, 0.29) is 6.04 Å². The highest BCUT2D eigenvalue weighted by molar-refractivity contribution is 5.95. The summed E-state index contributed by atoms with van der Waals surface area (Å²) in [5, 5.41) is 0.389. The van der Waals surface area contributed by atoms with Gasteiger partial charge in [-0.05, 0) is 30.7 Å². The van der Waals surface area contributed by atoms with Crippen molar-refractivity contribution in [2.75, 3.05) is 13.6 Å². The lowest BCUT2D eigenvalue weighted by Gasteiger charge is -2.39. The SMILES string of the molecule is C[C@@H]1C=C2c3cc(F)c(F)c4ccn(c34)C[C@H]2N(C)C1. The van der Waals surface area contributed by atoms with Gasteiger partial charge in [0, 0.05) is 30.2 Å². The van der Waals surface area contributed by atoms with Crippen molar-refractivity contribution in [3.05, 3.63) is 41.6 Å². The van der Waals surface area contributed by atoms with Gasteiger partial charge in [-0.1, -0.05) is 13.0 Å². The first kappa shape index (κ1) is 12.1. The van der Waals surface area contributed by atoms with Crippen molar-refractivity contribution in [2.45, 2.75) is 19.5 Å². The Hall–Kier alpha value is -1.68. The number of rotatable bonds is 0. The molecule has 2 aliphatic rings. The highest BCUT2D eigenvalue weighted by Crippen LogP contribution is 2.39. The minimum Gasteiger partial charge on any atom is -0.345 e. The van der Waals surface area contributed by atoms with Crippen molar-refractivity contribution in [1.29, 1.82) is 0 Å². The van der Waals surface area contributed by atoms with Crippen molar-refractivity contribution in [2.24, 2.45) is 5.92 Å². The smallest absolute Gasteiger partial charge is 0.168 e. The quantitative estimate of drug-likeness (QED) is 0.716. The maximum atomic E-state index is 13.9. The van der Waals surface area contributed by atoms with E-state index in [9.17, 15) is 8.78 Å². The molecular formula is C16H16F2N2. The van der Waals surface area contributed by atoms with Gasteiger partial charge in [0.05, 0.1) is 11.6 Å². The monoisotopic (exact) mass is 274 g/mol. The summed E-state index contributed by atoms with van der Waals surface area (Å²) in [6, 6.07) is 3.29. The zero-order valence-corrected chi connectivity index (χ0v) is 11.5. The Balaban J connectivity index is 2.06. The Labute approximate surface area is 116 Å². The summed E-state index contributed by atoms with van der Waals surface area (Å²) in [5.74, 6) is -1.07. The summed E-state index contributed by atoms with van der Waals surface area (Å²) in [6.07, 6.45) is 4.08. The van der Waals surface area contributed by atoms with Crippen LogP contribution in [0.2, 0.25) is 0 Å². The molecule has 4 heteroatoms. The van der Waals surface area contributed by atoms with Gasteiger partial charge >= 0.3 is 0 Å². The molecule has 0 N–H and O–H groups in total. The Bertz CT molecular complexity index is 745. The zero-order valence-electron chi connectivity index (χ0n) is 11.5. The van der Waals surface area contributed by atoms with E-state index in [0.29, 0.717) is 11.3 Å². The lowest BCUT2D eigenvalue weighted by molar-refractivity contribution is 0.234. The number of hydrogen-bond acceptors (Lipinski definition) is 1. The second kappa shape index (κ2) is 3.92. The van der Waals surface area contributed by atoms with Crippen LogP contribution in [0.1, 0.15) is 12.5 Å². The van der Waals surface area contributed by atoms with E-state index >= 15 is 0 Å². The van der Waals surface area contributed by atoms with Crippen LogP contribution in [0.4, 0.5) is 8.78 Å². The fourth-order valence-electron chi connectivity index (χ4n) is 3.69. The van der Waals surface area contributed by atoms with Crippen LogP contribution in [0, 0.1) is 17.6 Å². The third kappa shape index (κ3) is 1.45. The van der Waals surface area contributed by atoms with Gasteiger partial charge in [0.1, 0.15) is 0 Å². The van der Waals surface area contributed by atoms with E-state index in [4.69, 9.17) is 0 Å². The first-order valence-corrected chi connectivity index (χ1v) is 6.95. The molecule has 1 aromatic heterocycles. The Morgan fingerprint density at radius 2 is 2.05 bits per heavy atom. The molecule has 0 aliphatic carbocycles. The van der Waals surface area contributed by atoms with Crippen LogP contribution in [-0.4, -0.2) is 29.1 Å². The van der Waals surface area contributed by atoms with Crippen molar-refractivity contribution < 1.29 is 8.78 Å². The summed E-state index contributed by atoms with van der Waals surface area (Å²) in [6.45, 7) is 3.96. The number of aromatic nitrogens is 1. The average molecular weight is 274 g/mol. The van der Waals surface area contributed by atoms with Crippen LogP contribution < -0.4 is 0 Å². The molecule has 20 heavy (non-hydrogen) atoms. The van der Waals surface area contributed by atoms with Crippen molar-refractivity contribution >= 4 is 16.5 Å². The molecule has 0 amide bonds. The minimum atomic E-state index is -0.757. The van der Waals surface area contributed by atoms with Gasteiger partial charge in [-0.3, -0.25) is 4.90 Å². The van der Waals surface area contributed by atoms with E-state index in [1.807, 2.05) is 10.8 Å². The van der Waals surface area contributed by atoms with Crippen molar-refractivity contribution in [1.82, 2.24) is 9.47 Å². The minimum absolute atomic E-state index is 0.249. The normalized spacial score (nSPS) is 25.7. The van der Waals surface area contributed by atoms with Gasteiger partial charge in [-0.2, -0.15) is 0 Å². The Kier molecular flexibility index (Phi) is 2.37. The van der Waals surface area contributed by atoms with E-state index in [2.05, 4.69) is 24.9 Å². The summed E-state index contributed by atoms with van der Waals surface area (Å²) in [4.78, 5) is 2.30. The summed E-state index contributed by atoms with van der Waals surface area (Å²) in [5.41, 5.74) is 2.81. The number of hydrogen-bond donors (Lipinski definition) is 0. The molecule has 0 unspecified atom stereocenters. The number of likely N-dealkylation sites (N-methyl/N-ethyl adjacent to an activating group) is 1. The predicted molar refractivity (Wildman–Crippen MR) is 75.4 cm³/mol. The van der Waals surface area contributed by atoms with Crippen LogP contribution in [0.5, 0.6) is 0 Å².